The van der Waals surface area contributed by atoms with Crippen LogP contribution < -0.4 is 0 Å². The molecule has 0 fully saturated rings. The SMILES string of the molecule is CCOC(=O)C(CCCCI)C(=O)OCC. The van der Waals surface area contributed by atoms with E-state index in [1.165, 1.54) is 0 Å². The molecule has 0 saturated carbocycles. The van der Waals surface area contributed by atoms with Crippen molar-refractivity contribution in [1.29, 1.82) is 0 Å². The van der Waals surface area contributed by atoms with Crippen molar-refractivity contribution in [1.82, 2.24) is 0 Å². The topological polar surface area (TPSA) is 52.6 Å². The minimum atomic E-state index is -0.747. The molecule has 0 aliphatic rings. The summed E-state index contributed by atoms with van der Waals surface area (Å²) < 4.78 is 10.7. The van der Waals surface area contributed by atoms with Crippen LogP contribution in [0.15, 0.2) is 0 Å². The average Bonchev–Trinajstić information content (AvgIpc) is 2.25. The van der Waals surface area contributed by atoms with Crippen molar-refractivity contribution in [2.24, 2.45) is 5.92 Å². The molecule has 0 aromatic heterocycles. The Morgan fingerprint density at radius 1 is 1.06 bits per heavy atom. The molecule has 0 atom stereocenters. The predicted octanol–water partition coefficient (Wildman–Crippen LogP) is 2.33. The van der Waals surface area contributed by atoms with Crippen LogP contribution in [0.25, 0.3) is 0 Å². The number of unbranched alkanes of at least 4 members (excludes halogenated alkanes) is 1. The number of rotatable bonds is 8. The van der Waals surface area contributed by atoms with Gasteiger partial charge in [-0.25, -0.2) is 0 Å². The largest absolute Gasteiger partial charge is 0.465 e. The second kappa shape index (κ2) is 9.86. The van der Waals surface area contributed by atoms with Crippen LogP contribution in [0.4, 0.5) is 0 Å². The molecule has 0 unspecified atom stereocenters. The molecule has 0 spiro atoms. The summed E-state index contributed by atoms with van der Waals surface area (Å²) in [4.78, 5) is 23.1. The van der Waals surface area contributed by atoms with Crippen LogP contribution in [0.5, 0.6) is 0 Å². The Morgan fingerprint density at radius 2 is 1.56 bits per heavy atom. The van der Waals surface area contributed by atoms with Crippen LogP contribution in [-0.2, 0) is 19.1 Å². The first-order valence-electron chi connectivity index (χ1n) is 5.56. The molecule has 0 aliphatic heterocycles. The van der Waals surface area contributed by atoms with Gasteiger partial charge < -0.3 is 9.47 Å². The Hall–Kier alpha value is -0.330. The maximum absolute atomic E-state index is 11.5. The van der Waals surface area contributed by atoms with Gasteiger partial charge >= 0.3 is 11.9 Å². The van der Waals surface area contributed by atoms with Crippen LogP contribution in [0, 0.1) is 5.92 Å². The molecule has 0 radical (unpaired) electrons. The summed E-state index contributed by atoms with van der Waals surface area (Å²) in [5.74, 6) is -1.67. The zero-order chi connectivity index (χ0) is 12.4. The lowest BCUT2D eigenvalue weighted by molar-refractivity contribution is -0.161. The van der Waals surface area contributed by atoms with E-state index in [9.17, 15) is 9.59 Å². The van der Waals surface area contributed by atoms with Crippen molar-refractivity contribution in [3.8, 4) is 0 Å². The Balaban J connectivity index is 4.25. The van der Waals surface area contributed by atoms with Crippen molar-refractivity contribution in [2.45, 2.75) is 33.1 Å². The molecule has 0 aliphatic carbocycles. The van der Waals surface area contributed by atoms with Gasteiger partial charge in [0.25, 0.3) is 0 Å². The number of hydrogen-bond donors (Lipinski definition) is 0. The number of halogens is 1. The van der Waals surface area contributed by atoms with Crippen LogP contribution in [0.1, 0.15) is 33.1 Å². The summed E-state index contributed by atoms with van der Waals surface area (Å²) in [5.41, 5.74) is 0. The molecular weight excluding hydrogens is 323 g/mol. The Morgan fingerprint density at radius 3 is 1.94 bits per heavy atom. The van der Waals surface area contributed by atoms with Gasteiger partial charge in [-0.15, -0.1) is 0 Å². The highest BCUT2D eigenvalue weighted by Gasteiger charge is 2.28. The first-order chi connectivity index (χ1) is 7.67. The number of esters is 2. The highest BCUT2D eigenvalue weighted by Crippen LogP contribution is 2.13. The average molecular weight is 342 g/mol. The van der Waals surface area contributed by atoms with Crippen LogP contribution in [-0.4, -0.2) is 29.6 Å². The summed E-state index contributed by atoms with van der Waals surface area (Å²) in [6.45, 7) is 4.04. The van der Waals surface area contributed by atoms with E-state index >= 15 is 0 Å². The van der Waals surface area contributed by atoms with Crippen LogP contribution in [0.2, 0.25) is 0 Å². The standard InChI is InChI=1S/C11H19IO4/c1-3-15-10(13)9(7-5-6-8-12)11(14)16-4-2/h9H,3-8H2,1-2H3. The van der Waals surface area contributed by atoms with Crippen LogP contribution >= 0.6 is 22.6 Å². The molecule has 94 valence electrons. The first-order valence-corrected chi connectivity index (χ1v) is 7.09. The van der Waals surface area contributed by atoms with Gasteiger partial charge in [0.2, 0.25) is 0 Å². The van der Waals surface area contributed by atoms with Gasteiger partial charge in [-0.2, -0.15) is 0 Å². The van der Waals surface area contributed by atoms with Crippen molar-refractivity contribution in [3.05, 3.63) is 0 Å². The van der Waals surface area contributed by atoms with Crippen molar-refractivity contribution < 1.29 is 19.1 Å². The fourth-order valence-corrected chi connectivity index (χ4v) is 1.80. The monoisotopic (exact) mass is 342 g/mol. The normalized spacial score (nSPS) is 10.2. The smallest absolute Gasteiger partial charge is 0.320 e. The quantitative estimate of drug-likeness (QED) is 0.223. The molecular formula is C11H19IO4. The number of carbonyl (C=O) groups is 2. The first kappa shape index (κ1) is 15.7. The highest BCUT2D eigenvalue weighted by molar-refractivity contribution is 14.1. The van der Waals surface area contributed by atoms with Gasteiger partial charge in [0, 0.05) is 0 Å². The lowest BCUT2D eigenvalue weighted by Crippen LogP contribution is -2.28. The van der Waals surface area contributed by atoms with E-state index in [1.54, 1.807) is 13.8 Å². The summed E-state index contributed by atoms with van der Waals surface area (Å²) in [6.07, 6.45) is 2.35. The highest BCUT2D eigenvalue weighted by atomic mass is 127. The van der Waals surface area contributed by atoms with E-state index < -0.39 is 17.9 Å². The molecule has 5 heteroatoms. The molecule has 0 rings (SSSR count). The Kier molecular flexibility index (Phi) is 9.66. The summed E-state index contributed by atoms with van der Waals surface area (Å²) in [7, 11) is 0. The number of ether oxygens (including phenoxy) is 2. The van der Waals surface area contributed by atoms with E-state index in [4.69, 9.17) is 9.47 Å². The third kappa shape index (κ3) is 6.30. The fraction of sp³-hybridized carbons (Fsp3) is 0.818. The molecule has 0 amide bonds. The van der Waals surface area contributed by atoms with E-state index in [0.717, 1.165) is 17.3 Å². The zero-order valence-electron chi connectivity index (χ0n) is 9.83. The molecule has 0 heterocycles. The molecule has 0 bridgehead atoms. The Labute approximate surface area is 110 Å². The van der Waals surface area contributed by atoms with Gasteiger partial charge in [-0.3, -0.25) is 9.59 Å². The molecule has 0 saturated heterocycles. The third-order valence-electron chi connectivity index (χ3n) is 2.02. The summed E-state index contributed by atoms with van der Waals surface area (Å²) in [6, 6.07) is 0. The van der Waals surface area contributed by atoms with E-state index in [-0.39, 0.29) is 0 Å². The van der Waals surface area contributed by atoms with E-state index in [1.807, 2.05) is 0 Å². The summed E-state index contributed by atoms with van der Waals surface area (Å²) >= 11 is 2.27. The fourth-order valence-electron chi connectivity index (χ4n) is 1.26. The number of carbonyl (C=O) groups excluding carboxylic acids is 2. The minimum Gasteiger partial charge on any atom is -0.465 e. The van der Waals surface area contributed by atoms with Gasteiger partial charge in [-0.1, -0.05) is 29.0 Å². The predicted molar refractivity (Wildman–Crippen MR) is 69.5 cm³/mol. The van der Waals surface area contributed by atoms with Gasteiger partial charge in [0.1, 0.15) is 0 Å². The molecule has 0 aromatic rings. The second-order valence-electron chi connectivity index (χ2n) is 3.24. The minimum absolute atomic E-state index is 0.293. The van der Waals surface area contributed by atoms with Crippen LogP contribution in [0.3, 0.4) is 0 Å². The lowest BCUT2D eigenvalue weighted by Gasteiger charge is -2.13. The summed E-state index contributed by atoms with van der Waals surface area (Å²) in [5, 5.41) is 0. The number of hydrogen-bond acceptors (Lipinski definition) is 4. The molecule has 16 heavy (non-hydrogen) atoms. The van der Waals surface area contributed by atoms with Gasteiger partial charge in [0.05, 0.1) is 13.2 Å². The molecule has 0 aromatic carbocycles. The number of alkyl halides is 1. The van der Waals surface area contributed by atoms with E-state index in [0.29, 0.717) is 19.6 Å². The lowest BCUT2D eigenvalue weighted by atomic mass is 10.0. The maximum atomic E-state index is 11.5. The Bertz CT molecular complexity index is 200. The van der Waals surface area contributed by atoms with Gasteiger partial charge in [-0.05, 0) is 31.1 Å². The van der Waals surface area contributed by atoms with E-state index in [2.05, 4.69) is 22.6 Å². The van der Waals surface area contributed by atoms with Gasteiger partial charge in [0.15, 0.2) is 5.92 Å². The zero-order valence-corrected chi connectivity index (χ0v) is 12.0. The van der Waals surface area contributed by atoms with Crippen molar-refractivity contribution >= 4 is 34.5 Å². The third-order valence-corrected chi connectivity index (χ3v) is 2.78. The second-order valence-corrected chi connectivity index (χ2v) is 4.32. The molecule has 0 N–H and O–H groups in total. The van der Waals surface area contributed by atoms with Crippen molar-refractivity contribution in [2.75, 3.05) is 17.6 Å². The van der Waals surface area contributed by atoms with Crippen molar-refractivity contribution in [3.63, 3.8) is 0 Å². The maximum Gasteiger partial charge on any atom is 0.320 e. The molecule has 4 nitrogen and oxygen atoms in total.